The van der Waals surface area contributed by atoms with E-state index in [0.717, 1.165) is 53.8 Å². The summed E-state index contributed by atoms with van der Waals surface area (Å²) in [6, 6.07) is 0. The van der Waals surface area contributed by atoms with Gasteiger partial charge in [0.25, 0.3) is 0 Å². The minimum Gasteiger partial charge on any atom is -0.359 e. The van der Waals surface area contributed by atoms with Crippen LogP contribution in [0.3, 0.4) is 0 Å². The molecule has 1 N–H and O–H groups in total. The van der Waals surface area contributed by atoms with Crippen LogP contribution in [0, 0.1) is 6.92 Å². The van der Waals surface area contributed by atoms with E-state index in [2.05, 4.69) is 36.8 Å². The molecule has 0 radical (unpaired) electrons. The van der Waals surface area contributed by atoms with Crippen molar-refractivity contribution in [3.8, 4) is 0 Å². The topological polar surface area (TPSA) is 62.1 Å². The Kier molecular flexibility index (Phi) is 4.42. The fourth-order valence-electron chi connectivity index (χ4n) is 2.88. The monoisotopic (exact) mass is 331 g/mol. The number of aromatic nitrogens is 4. The molecule has 7 nitrogen and oxygen atoms in total. The van der Waals surface area contributed by atoms with Crippen LogP contribution >= 0.6 is 12.2 Å². The van der Waals surface area contributed by atoms with Gasteiger partial charge in [0, 0.05) is 39.8 Å². The van der Waals surface area contributed by atoms with Gasteiger partial charge in [0.1, 0.15) is 17.4 Å². The number of hydrogen-bond donors (Lipinski definition) is 1. The third kappa shape index (κ3) is 2.98. The van der Waals surface area contributed by atoms with Crippen molar-refractivity contribution in [1.82, 2.24) is 30.0 Å². The molecule has 0 saturated carbocycles. The first-order chi connectivity index (χ1) is 11.1. The molecule has 0 bridgehead atoms. The molecule has 1 aliphatic heterocycles. The number of hydrogen-bond acceptors (Lipinski definition) is 5. The third-order valence-corrected chi connectivity index (χ3v) is 4.44. The zero-order valence-corrected chi connectivity index (χ0v) is 14.3. The molecule has 0 spiro atoms. The molecule has 1 saturated heterocycles. The largest absolute Gasteiger partial charge is 0.359 e. The second kappa shape index (κ2) is 6.49. The second-order valence-electron chi connectivity index (χ2n) is 5.55. The second-order valence-corrected chi connectivity index (χ2v) is 5.94. The van der Waals surface area contributed by atoms with E-state index >= 15 is 0 Å². The molecule has 3 rings (SSSR count). The molecule has 8 heteroatoms. The van der Waals surface area contributed by atoms with Crippen LogP contribution in [-0.2, 0) is 7.05 Å². The van der Waals surface area contributed by atoms with E-state index in [0.29, 0.717) is 6.54 Å². The van der Waals surface area contributed by atoms with Gasteiger partial charge in [-0.1, -0.05) is 6.08 Å². The van der Waals surface area contributed by atoms with Crippen LogP contribution in [0.4, 0.5) is 5.82 Å². The summed E-state index contributed by atoms with van der Waals surface area (Å²) >= 11 is 5.40. The van der Waals surface area contributed by atoms with Gasteiger partial charge in [0.15, 0.2) is 10.9 Å². The average molecular weight is 331 g/mol. The zero-order valence-electron chi connectivity index (χ0n) is 13.5. The highest BCUT2D eigenvalue weighted by atomic mass is 32.1. The van der Waals surface area contributed by atoms with Gasteiger partial charge in [0.05, 0.1) is 5.69 Å². The van der Waals surface area contributed by atoms with Gasteiger partial charge < -0.3 is 15.1 Å². The first-order valence-corrected chi connectivity index (χ1v) is 8.05. The maximum Gasteiger partial charge on any atom is 0.169 e. The smallest absolute Gasteiger partial charge is 0.169 e. The average Bonchev–Trinajstić information content (AvgIpc) is 2.87. The van der Waals surface area contributed by atoms with Gasteiger partial charge in [-0.3, -0.25) is 4.68 Å². The molecule has 0 aliphatic carbocycles. The highest BCUT2D eigenvalue weighted by Crippen LogP contribution is 2.25. The summed E-state index contributed by atoms with van der Waals surface area (Å²) in [5, 5.41) is 8.43. The summed E-state index contributed by atoms with van der Waals surface area (Å²) in [5.74, 6) is 0.947. The van der Waals surface area contributed by atoms with Gasteiger partial charge in [-0.05, 0) is 19.1 Å². The number of fused-ring (bicyclic) bond motifs is 1. The van der Waals surface area contributed by atoms with Crippen LogP contribution in [-0.4, -0.2) is 62.5 Å². The van der Waals surface area contributed by atoms with Gasteiger partial charge in [0.2, 0.25) is 0 Å². The lowest BCUT2D eigenvalue weighted by molar-refractivity contribution is 0.380. The first-order valence-electron chi connectivity index (χ1n) is 7.64. The lowest BCUT2D eigenvalue weighted by atomic mass is 10.3. The van der Waals surface area contributed by atoms with Crippen LogP contribution < -0.4 is 10.2 Å². The van der Waals surface area contributed by atoms with Gasteiger partial charge in [-0.15, -0.1) is 6.58 Å². The molecule has 2 aromatic rings. The van der Waals surface area contributed by atoms with Gasteiger partial charge >= 0.3 is 0 Å². The number of anilines is 1. The molecule has 0 aromatic carbocycles. The SMILES string of the molecule is C=CCNC(=S)N1CCN(c2ncnc3c(C)nn(C)c23)CC1. The van der Waals surface area contributed by atoms with E-state index < -0.39 is 0 Å². The highest BCUT2D eigenvalue weighted by Gasteiger charge is 2.23. The Morgan fingerprint density at radius 2 is 2.09 bits per heavy atom. The summed E-state index contributed by atoms with van der Waals surface area (Å²) < 4.78 is 1.86. The molecule has 2 aromatic heterocycles. The molecule has 122 valence electrons. The Balaban J connectivity index is 1.76. The van der Waals surface area contributed by atoms with E-state index in [4.69, 9.17) is 12.2 Å². The normalized spacial score (nSPS) is 15.0. The standard InChI is InChI=1S/C15H21N7S/c1-4-5-16-15(23)22-8-6-21(7-9-22)14-13-12(17-10-18-14)11(2)19-20(13)3/h4,10H,1,5-9H2,2-3H3,(H,16,23). The van der Waals surface area contributed by atoms with Crippen molar-refractivity contribution in [3.63, 3.8) is 0 Å². The summed E-state index contributed by atoms with van der Waals surface area (Å²) in [5.41, 5.74) is 2.84. The van der Waals surface area contributed by atoms with Crippen LogP contribution in [0.2, 0.25) is 0 Å². The zero-order chi connectivity index (χ0) is 16.4. The summed E-state index contributed by atoms with van der Waals surface area (Å²) in [7, 11) is 1.94. The summed E-state index contributed by atoms with van der Waals surface area (Å²) in [6.45, 7) is 9.83. The van der Waals surface area contributed by atoms with Crippen molar-refractivity contribution in [3.05, 3.63) is 24.7 Å². The van der Waals surface area contributed by atoms with Crippen molar-refractivity contribution in [2.45, 2.75) is 6.92 Å². The van der Waals surface area contributed by atoms with E-state index in [9.17, 15) is 0 Å². The number of rotatable bonds is 3. The number of aryl methyl sites for hydroxylation is 2. The van der Waals surface area contributed by atoms with Gasteiger partial charge in [-0.2, -0.15) is 5.10 Å². The predicted octanol–water partition coefficient (Wildman–Crippen LogP) is 0.854. The van der Waals surface area contributed by atoms with Crippen molar-refractivity contribution in [1.29, 1.82) is 0 Å². The number of nitrogens with one attached hydrogen (secondary N) is 1. The molecular formula is C15H21N7S. The van der Waals surface area contributed by atoms with E-state index in [1.165, 1.54) is 0 Å². The molecule has 0 amide bonds. The van der Waals surface area contributed by atoms with E-state index in [-0.39, 0.29) is 0 Å². The molecule has 1 fully saturated rings. The fraction of sp³-hybridized carbons (Fsp3) is 0.467. The lowest BCUT2D eigenvalue weighted by Crippen LogP contribution is -2.52. The molecule has 0 atom stereocenters. The fourth-order valence-corrected chi connectivity index (χ4v) is 3.14. The first kappa shape index (κ1) is 15.7. The predicted molar refractivity (Wildman–Crippen MR) is 95.6 cm³/mol. The third-order valence-electron chi connectivity index (χ3n) is 4.03. The Labute approximate surface area is 141 Å². The maximum atomic E-state index is 5.40. The van der Waals surface area contributed by atoms with Crippen molar-refractivity contribution in [2.24, 2.45) is 7.05 Å². The van der Waals surface area contributed by atoms with Crippen LogP contribution in [0.1, 0.15) is 5.69 Å². The minimum absolute atomic E-state index is 0.694. The Hall–Kier alpha value is -2.22. The van der Waals surface area contributed by atoms with Crippen molar-refractivity contribution in [2.75, 3.05) is 37.6 Å². The Morgan fingerprint density at radius 1 is 1.35 bits per heavy atom. The summed E-state index contributed by atoms with van der Waals surface area (Å²) in [6.07, 6.45) is 3.43. The minimum atomic E-state index is 0.694. The quantitative estimate of drug-likeness (QED) is 0.661. The van der Waals surface area contributed by atoms with E-state index in [1.54, 1.807) is 6.33 Å². The van der Waals surface area contributed by atoms with Gasteiger partial charge in [-0.25, -0.2) is 9.97 Å². The molecule has 0 unspecified atom stereocenters. The van der Waals surface area contributed by atoms with Crippen LogP contribution in [0.25, 0.3) is 11.0 Å². The van der Waals surface area contributed by atoms with Crippen molar-refractivity contribution < 1.29 is 0 Å². The van der Waals surface area contributed by atoms with Crippen LogP contribution in [0.5, 0.6) is 0 Å². The summed E-state index contributed by atoms with van der Waals surface area (Å²) in [4.78, 5) is 13.3. The molecule has 3 heterocycles. The number of thiocarbonyl (C=S) groups is 1. The number of nitrogens with zero attached hydrogens (tertiary/aromatic N) is 6. The highest BCUT2D eigenvalue weighted by molar-refractivity contribution is 7.80. The number of piperazine rings is 1. The van der Waals surface area contributed by atoms with Crippen LogP contribution in [0.15, 0.2) is 19.0 Å². The Morgan fingerprint density at radius 3 is 2.78 bits per heavy atom. The maximum absolute atomic E-state index is 5.40. The molecular weight excluding hydrogens is 310 g/mol. The molecule has 23 heavy (non-hydrogen) atoms. The van der Waals surface area contributed by atoms with Crippen molar-refractivity contribution >= 4 is 34.2 Å². The lowest BCUT2D eigenvalue weighted by Gasteiger charge is -2.36. The van der Waals surface area contributed by atoms with E-state index in [1.807, 2.05) is 24.7 Å². The Bertz CT molecular complexity index is 731. The molecule has 1 aliphatic rings.